The lowest BCUT2D eigenvalue weighted by Gasteiger charge is -2.30. The van der Waals surface area contributed by atoms with Crippen LogP contribution in [0.15, 0.2) is 78.9 Å². The first-order valence-corrected chi connectivity index (χ1v) is 13.5. The normalized spacial score (nSPS) is 14.0. The number of nitrogens with zero attached hydrogens (tertiary/aromatic N) is 4. The maximum atomic E-state index is 13.2. The Hall–Kier alpha value is -4.45. The minimum Gasteiger partial charge on any atom is -0.449 e. The Morgan fingerprint density at radius 3 is 1.73 bits per heavy atom. The van der Waals surface area contributed by atoms with Crippen LogP contribution in [0.2, 0.25) is 0 Å². The maximum Gasteiger partial charge on any atom is 0.339 e. The number of hydrogen-bond donors (Lipinski definition) is 0. The predicted molar refractivity (Wildman–Crippen MR) is 168 cm³/mol. The molecule has 6 heteroatoms. The van der Waals surface area contributed by atoms with Crippen LogP contribution in [0, 0.1) is 0 Å². The third-order valence-corrected chi connectivity index (χ3v) is 7.55. The standard InChI is InChI=1S/C34H38N4O2/c1-35(2)22-17-18-25-28(21-22)34(39)40-33(25)27-20-19-24(23-13-9-11-15-29(23)36(3)4)32(38(7)8)31(27)26-14-10-12-16-30(26)37(5)6/h9-21,33H,1-8H3. The lowest BCUT2D eigenvalue weighted by Crippen LogP contribution is -2.17. The van der Waals surface area contributed by atoms with E-state index in [1.54, 1.807) is 0 Å². The van der Waals surface area contributed by atoms with Crippen LogP contribution >= 0.6 is 0 Å². The molecule has 0 radical (unpaired) electrons. The highest BCUT2D eigenvalue weighted by Crippen LogP contribution is 2.50. The Labute approximate surface area is 238 Å². The van der Waals surface area contributed by atoms with E-state index in [1.807, 2.05) is 31.1 Å². The molecule has 0 N–H and O–H groups in total. The molecule has 1 aliphatic rings. The van der Waals surface area contributed by atoms with Gasteiger partial charge in [-0.1, -0.05) is 54.6 Å². The zero-order valence-corrected chi connectivity index (χ0v) is 24.7. The molecule has 1 aliphatic heterocycles. The largest absolute Gasteiger partial charge is 0.449 e. The van der Waals surface area contributed by atoms with Crippen molar-refractivity contribution in [2.45, 2.75) is 6.10 Å². The van der Waals surface area contributed by atoms with Gasteiger partial charge in [0.05, 0.1) is 11.3 Å². The molecule has 0 aliphatic carbocycles. The molecule has 0 saturated carbocycles. The van der Waals surface area contributed by atoms with Crippen LogP contribution < -0.4 is 19.6 Å². The van der Waals surface area contributed by atoms with E-state index in [1.165, 1.54) is 0 Å². The van der Waals surface area contributed by atoms with Gasteiger partial charge in [0.15, 0.2) is 6.10 Å². The summed E-state index contributed by atoms with van der Waals surface area (Å²) in [5, 5.41) is 0. The molecule has 206 valence electrons. The quantitative estimate of drug-likeness (QED) is 0.251. The molecular formula is C34H38N4O2. The highest BCUT2D eigenvalue weighted by molar-refractivity contribution is 6.01. The third kappa shape index (κ3) is 4.64. The number of rotatable bonds is 7. The molecular weight excluding hydrogens is 496 g/mol. The van der Waals surface area contributed by atoms with Gasteiger partial charge in [0.1, 0.15) is 0 Å². The van der Waals surface area contributed by atoms with Crippen LogP contribution in [-0.4, -0.2) is 62.4 Å². The summed E-state index contributed by atoms with van der Waals surface area (Å²) < 4.78 is 6.16. The Kier molecular flexibility index (Phi) is 7.19. The van der Waals surface area contributed by atoms with Gasteiger partial charge >= 0.3 is 5.97 Å². The van der Waals surface area contributed by atoms with Crippen molar-refractivity contribution in [2.24, 2.45) is 0 Å². The first-order chi connectivity index (χ1) is 19.1. The summed E-state index contributed by atoms with van der Waals surface area (Å²) >= 11 is 0. The van der Waals surface area contributed by atoms with Crippen molar-refractivity contribution in [3.8, 4) is 22.3 Å². The summed E-state index contributed by atoms with van der Waals surface area (Å²) in [5.41, 5.74) is 11.2. The Morgan fingerprint density at radius 1 is 0.550 bits per heavy atom. The van der Waals surface area contributed by atoms with Gasteiger partial charge in [0.25, 0.3) is 0 Å². The minimum atomic E-state index is -0.513. The van der Waals surface area contributed by atoms with Crippen LogP contribution in [0.3, 0.4) is 0 Å². The van der Waals surface area contributed by atoms with Crippen LogP contribution in [0.25, 0.3) is 22.3 Å². The van der Waals surface area contributed by atoms with Crippen molar-refractivity contribution in [2.75, 3.05) is 76.0 Å². The Bertz CT molecular complexity index is 1570. The van der Waals surface area contributed by atoms with E-state index in [2.05, 4.69) is 124 Å². The molecule has 0 saturated heterocycles. The first kappa shape index (κ1) is 27.1. The van der Waals surface area contributed by atoms with Gasteiger partial charge in [0, 0.05) is 107 Å². The summed E-state index contributed by atoms with van der Waals surface area (Å²) in [6.45, 7) is 0. The molecule has 1 heterocycles. The van der Waals surface area contributed by atoms with Gasteiger partial charge in [-0.25, -0.2) is 4.79 Å². The number of carbonyl (C=O) groups excluding carboxylic acids is 1. The molecule has 1 atom stereocenters. The number of ether oxygens (including phenoxy) is 1. The van der Waals surface area contributed by atoms with E-state index in [-0.39, 0.29) is 5.97 Å². The average molecular weight is 535 g/mol. The minimum absolute atomic E-state index is 0.288. The number of carbonyl (C=O) groups is 1. The zero-order chi connectivity index (χ0) is 28.7. The van der Waals surface area contributed by atoms with Crippen LogP contribution in [0.4, 0.5) is 22.7 Å². The van der Waals surface area contributed by atoms with E-state index >= 15 is 0 Å². The van der Waals surface area contributed by atoms with Gasteiger partial charge < -0.3 is 24.3 Å². The summed E-state index contributed by atoms with van der Waals surface area (Å²) in [6, 6.07) is 27.2. The maximum absolute atomic E-state index is 13.2. The highest BCUT2D eigenvalue weighted by atomic mass is 16.5. The number of anilines is 4. The second-order valence-electron chi connectivity index (χ2n) is 11.1. The van der Waals surface area contributed by atoms with Crippen LogP contribution in [0.5, 0.6) is 0 Å². The van der Waals surface area contributed by atoms with Crippen molar-refractivity contribution in [3.63, 3.8) is 0 Å². The highest BCUT2D eigenvalue weighted by Gasteiger charge is 2.36. The Balaban J connectivity index is 1.85. The number of hydrogen-bond acceptors (Lipinski definition) is 6. The van der Waals surface area contributed by atoms with E-state index < -0.39 is 6.10 Å². The zero-order valence-electron chi connectivity index (χ0n) is 24.7. The van der Waals surface area contributed by atoms with Gasteiger partial charge in [-0.05, 0) is 24.3 Å². The van der Waals surface area contributed by atoms with Gasteiger partial charge in [-0.2, -0.15) is 0 Å². The molecule has 4 aromatic rings. The fourth-order valence-electron chi connectivity index (χ4n) is 5.65. The fraction of sp³-hybridized carbons (Fsp3) is 0.265. The number of cyclic esters (lactones) is 1. The number of fused-ring (bicyclic) bond motifs is 1. The van der Waals surface area contributed by atoms with E-state index in [4.69, 9.17) is 4.74 Å². The van der Waals surface area contributed by atoms with Gasteiger partial charge in [-0.15, -0.1) is 0 Å². The SMILES string of the molecule is CN(C)c1ccc2c(c1)C(=O)OC2c1ccc(-c2ccccc2N(C)C)c(N(C)C)c1-c1ccccc1N(C)C. The molecule has 5 rings (SSSR count). The number of para-hydroxylation sites is 2. The second kappa shape index (κ2) is 10.6. The molecule has 0 amide bonds. The molecule has 4 aromatic carbocycles. The molecule has 40 heavy (non-hydrogen) atoms. The van der Waals surface area contributed by atoms with Crippen LogP contribution in [0.1, 0.15) is 27.6 Å². The second-order valence-corrected chi connectivity index (χ2v) is 11.1. The summed E-state index contributed by atoms with van der Waals surface area (Å²) in [6.07, 6.45) is -0.513. The van der Waals surface area contributed by atoms with Crippen molar-refractivity contribution >= 4 is 28.7 Å². The van der Waals surface area contributed by atoms with Crippen molar-refractivity contribution in [1.82, 2.24) is 0 Å². The van der Waals surface area contributed by atoms with Gasteiger partial charge in [-0.3, -0.25) is 0 Å². The Morgan fingerprint density at radius 2 is 1.12 bits per heavy atom. The summed E-state index contributed by atoms with van der Waals surface area (Å²) in [7, 11) is 16.4. The molecule has 6 nitrogen and oxygen atoms in total. The first-order valence-electron chi connectivity index (χ1n) is 13.5. The van der Waals surface area contributed by atoms with Crippen molar-refractivity contribution in [1.29, 1.82) is 0 Å². The lowest BCUT2D eigenvalue weighted by atomic mass is 9.86. The van der Waals surface area contributed by atoms with Crippen molar-refractivity contribution < 1.29 is 9.53 Å². The van der Waals surface area contributed by atoms with E-state index in [0.29, 0.717) is 5.56 Å². The average Bonchev–Trinajstić information content (AvgIpc) is 3.27. The van der Waals surface area contributed by atoms with E-state index in [9.17, 15) is 4.79 Å². The molecule has 0 bridgehead atoms. The summed E-state index contributed by atoms with van der Waals surface area (Å²) in [5.74, 6) is -0.288. The molecule has 0 spiro atoms. The van der Waals surface area contributed by atoms with Crippen LogP contribution in [-0.2, 0) is 4.74 Å². The lowest BCUT2D eigenvalue weighted by molar-refractivity contribution is 0.0456. The van der Waals surface area contributed by atoms with Gasteiger partial charge in [0.2, 0.25) is 0 Å². The molecule has 0 fully saturated rings. The topological polar surface area (TPSA) is 39.3 Å². The fourth-order valence-corrected chi connectivity index (χ4v) is 5.65. The third-order valence-electron chi connectivity index (χ3n) is 7.55. The smallest absolute Gasteiger partial charge is 0.339 e. The summed E-state index contributed by atoms with van der Waals surface area (Å²) in [4.78, 5) is 21.7. The monoisotopic (exact) mass is 534 g/mol. The van der Waals surface area contributed by atoms with Crippen molar-refractivity contribution in [3.05, 3.63) is 95.6 Å². The molecule has 0 aromatic heterocycles. The number of esters is 1. The van der Waals surface area contributed by atoms with E-state index in [0.717, 1.165) is 56.1 Å². The number of benzene rings is 4. The molecule has 1 unspecified atom stereocenters. The predicted octanol–water partition coefficient (Wildman–Crippen LogP) is 6.54.